The van der Waals surface area contributed by atoms with Gasteiger partial charge in [0.2, 0.25) is 0 Å². The lowest BCUT2D eigenvalue weighted by Gasteiger charge is -2.24. The van der Waals surface area contributed by atoms with Gasteiger partial charge < -0.3 is 9.84 Å². The third kappa shape index (κ3) is 6.90. The zero-order valence-corrected chi connectivity index (χ0v) is 20.1. The van der Waals surface area contributed by atoms with E-state index in [1.54, 1.807) is 54.6 Å². The van der Waals surface area contributed by atoms with E-state index in [-0.39, 0.29) is 10.6 Å². The molecule has 0 aliphatic carbocycles. The van der Waals surface area contributed by atoms with Gasteiger partial charge in [0.05, 0.1) is 17.2 Å². The Bertz CT molecular complexity index is 1300. The standard InChI is InChI=1S/C25H26N4O5S/c1-3-34-22-12-14-23(15-13-22)35(32,33)29(21-10-8-19(2)9-11-21)17-25(31)28-27-18-26-16-20-6-4-5-7-24(20)30/h4-16,18,30H,3,17H2,1-2H3,(H,28,31)/b26-16?,27-18+. The van der Waals surface area contributed by atoms with Crippen LogP contribution in [-0.2, 0) is 14.8 Å². The van der Waals surface area contributed by atoms with Crippen molar-refractivity contribution in [1.82, 2.24) is 5.43 Å². The molecular weight excluding hydrogens is 468 g/mol. The highest BCUT2D eigenvalue weighted by atomic mass is 32.2. The Morgan fingerprint density at radius 2 is 1.74 bits per heavy atom. The van der Waals surface area contributed by atoms with Crippen LogP contribution >= 0.6 is 0 Å². The molecule has 0 aliphatic heterocycles. The molecule has 0 bridgehead atoms. The summed E-state index contributed by atoms with van der Waals surface area (Å²) in [5.41, 5.74) is 4.04. The van der Waals surface area contributed by atoms with Crippen molar-refractivity contribution in [2.75, 3.05) is 17.5 Å². The molecule has 0 atom stereocenters. The fraction of sp³-hybridized carbons (Fsp3) is 0.160. The minimum absolute atomic E-state index is 0.0186. The summed E-state index contributed by atoms with van der Waals surface area (Å²) < 4.78 is 33.2. The maximum atomic E-state index is 13.4. The van der Waals surface area contributed by atoms with Gasteiger partial charge in [0.1, 0.15) is 24.4 Å². The number of phenols is 1. The van der Waals surface area contributed by atoms with E-state index in [9.17, 15) is 18.3 Å². The first-order chi connectivity index (χ1) is 16.8. The minimum Gasteiger partial charge on any atom is -0.507 e. The molecule has 0 heterocycles. The summed E-state index contributed by atoms with van der Waals surface area (Å²) in [6.45, 7) is 3.67. The summed E-state index contributed by atoms with van der Waals surface area (Å²) in [4.78, 5) is 16.5. The van der Waals surface area contributed by atoms with E-state index in [1.165, 1.54) is 24.4 Å². The summed E-state index contributed by atoms with van der Waals surface area (Å²) in [6, 6.07) is 19.4. The second kappa shape index (κ2) is 11.8. The SMILES string of the molecule is CCOc1ccc(S(=O)(=O)N(CC(=O)N/N=C/N=Cc2ccccc2O)c2ccc(C)cc2)cc1. The zero-order valence-electron chi connectivity index (χ0n) is 19.3. The lowest BCUT2D eigenvalue weighted by molar-refractivity contribution is -0.119. The number of para-hydroxylation sites is 1. The number of aryl methyl sites for hydroxylation is 1. The maximum absolute atomic E-state index is 13.4. The van der Waals surface area contributed by atoms with Gasteiger partial charge in [-0.15, -0.1) is 0 Å². The molecule has 1 amide bonds. The van der Waals surface area contributed by atoms with E-state index in [4.69, 9.17) is 4.74 Å². The number of ether oxygens (including phenoxy) is 1. The Morgan fingerprint density at radius 1 is 1.06 bits per heavy atom. The highest BCUT2D eigenvalue weighted by Gasteiger charge is 2.27. The molecule has 0 fully saturated rings. The number of sulfonamides is 1. The second-order valence-corrected chi connectivity index (χ2v) is 9.23. The first kappa shape index (κ1) is 25.4. The van der Waals surface area contributed by atoms with Crippen molar-refractivity contribution >= 4 is 34.2 Å². The van der Waals surface area contributed by atoms with E-state index in [0.717, 1.165) is 16.2 Å². The van der Waals surface area contributed by atoms with Gasteiger partial charge in [0.25, 0.3) is 15.9 Å². The van der Waals surface area contributed by atoms with E-state index in [2.05, 4.69) is 15.5 Å². The van der Waals surface area contributed by atoms with Gasteiger partial charge in [-0.3, -0.25) is 9.10 Å². The van der Waals surface area contributed by atoms with Gasteiger partial charge in [-0.05, 0) is 62.4 Å². The van der Waals surface area contributed by atoms with Gasteiger partial charge in [-0.25, -0.2) is 18.8 Å². The van der Waals surface area contributed by atoms with E-state index >= 15 is 0 Å². The quantitative estimate of drug-likeness (QED) is 0.254. The van der Waals surface area contributed by atoms with Gasteiger partial charge in [0, 0.05) is 11.8 Å². The number of nitrogens with zero attached hydrogens (tertiary/aromatic N) is 3. The summed E-state index contributed by atoms with van der Waals surface area (Å²) in [5.74, 6) is -0.0548. The third-order valence-corrected chi connectivity index (χ3v) is 6.58. The van der Waals surface area contributed by atoms with Crippen LogP contribution in [0.2, 0.25) is 0 Å². The Kier molecular flexibility index (Phi) is 8.58. The van der Waals surface area contributed by atoms with E-state index < -0.39 is 22.5 Å². The van der Waals surface area contributed by atoms with Crippen LogP contribution in [0.1, 0.15) is 18.1 Å². The highest BCUT2D eigenvalue weighted by molar-refractivity contribution is 7.92. The van der Waals surface area contributed by atoms with Crippen LogP contribution in [0.25, 0.3) is 0 Å². The number of hydrogen-bond acceptors (Lipinski definition) is 6. The van der Waals surface area contributed by atoms with Crippen molar-refractivity contribution in [2.24, 2.45) is 10.1 Å². The van der Waals surface area contributed by atoms with Crippen LogP contribution in [0.15, 0.2) is 87.8 Å². The van der Waals surface area contributed by atoms with Crippen LogP contribution in [-0.4, -0.2) is 45.1 Å². The Balaban J connectivity index is 1.76. The molecule has 10 heteroatoms. The number of phenolic OH excluding ortho intramolecular Hbond substituents is 1. The number of anilines is 1. The van der Waals surface area contributed by atoms with Gasteiger partial charge in [-0.2, -0.15) is 5.10 Å². The monoisotopic (exact) mass is 494 g/mol. The summed E-state index contributed by atoms with van der Waals surface area (Å²) in [5, 5.41) is 13.4. The molecule has 2 N–H and O–H groups in total. The van der Waals surface area contributed by atoms with Crippen molar-refractivity contribution in [3.8, 4) is 11.5 Å². The number of carbonyl (C=O) groups excluding carboxylic acids is 1. The fourth-order valence-corrected chi connectivity index (χ4v) is 4.46. The molecule has 0 saturated heterocycles. The lowest BCUT2D eigenvalue weighted by Crippen LogP contribution is -2.39. The van der Waals surface area contributed by atoms with Gasteiger partial charge in [-0.1, -0.05) is 29.8 Å². The zero-order chi connectivity index (χ0) is 25.3. The van der Waals surface area contributed by atoms with Crippen molar-refractivity contribution in [2.45, 2.75) is 18.7 Å². The molecule has 182 valence electrons. The molecule has 35 heavy (non-hydrogen) atoms. The molecule has 3 aromatic carbocycles. The molecule has 9 nitrogen and oxygen atoms in total. The predicted octanol–water partition coefficient (Wildman–Crippen LogP) is 3.47. The number of amides is 1. The van der Waals surface area contributed by atoms with Crippen LogP contribution < -0.4 is 14.5 Å². The predicted molar refractivity (Wildman–Crippen MR) is 136 cm³/mol. The number of rotatable bonds is 10. The smallest absolute Gasteiger partial charge is 0.264 e. The summed E-state index contributed by atoms with van der Waals surface area (Å²) in [6.07, 6.45) is 2.46. The normalized spacial score (nSPS) is 11.6. The third-order valence-electron chi connectivity index (χ3n) is 4.80. The van der Waals surface area contributed by atoms with Gasteiger partial charge in [0.15, 0.2) is 0 Å². The molecule has 0 saturated carbocycles. The number of aliphatic imine (C=N–C) groups is 1. The Labute approximate surface area is 204 Å². The molecule has 3 aromatic rings. The number of hydrazone groups is 1. The molecule has 0 spiro atoms. The largest absolute Gasteiger partial charge is 0.507 e. The number of aromatic hydroxyl groups is 1. The Morgan fingerprint density at radius 3 is 2.40 bits per heavy atom. The molecule has 0 radical (unpaired) electrons. The fourth-order valence-electron chi connectivity index (χ4n) is 3.04. The molecule has 3 rings (SSSR count). The maximum Gasteiger partial charge on any atom is 0.264 e. The lowest BCUT2D eigenvalue weighted by atomic mass is 10.2. The number of nitrogens with one attached hydrogen (secondary N) is 1. The molecule has 0 unspecified atom stereocenters. The number of carbonyl (C=O) groups is 1. The van der Waals surface area contributed by atoms with Crippen LogP contribution in [0.5, 0.6) is 11.5 Å². The summed E-state index contributed by atoms with van der Waals surface area (Å²) in [7, 11) is -4.06. The minimum atomic E-state index is -4.06. The number of benzene rings is 3. The van der Waals surface area contributed by atoms with Crippen LogP contribution in [0.3, 0.4) is 0 Å². The summed E-state index contributed by atoms with van der Waals surface area (Å²) >= 11 is 0. The van der Waals surface area contributed by atoms with Crippen molar-refractivity contribution in [1.29, 1.82) is 0 Å². The van der Waals surface area contributed by atoms with Crippen molar-refractivity contribution < 1.29 is 23.1 Å². The Hall–Kier alpha value is -4.18. The van der Waals surface area contributed by atoms with Crippen LogP contribution in [0.4, 0.5) is 5.69 Å². The first-order valence-electron chi connectivity index (χ1n) is 10.7. The van der Waals surface area contributed by atoms with E-state index in [1.807, 2.05) is 13.8 Å². The molecule has 0 aromatic heterocycles. The highest BCUT2D eigenvalue weighted by Crippen LogP contribution is 2.25. The topological polar surface area (TPSA) is 121 Å². The second-order valence-electron chi connectivity index (χ2n) is 7.37. The number of hydrogen-bond donors (Lipinski definition) is 2. The molecular formula is C25H26N4O5S. The van der Waals surface area contributed by atoms with Gasteiger partial charge >= 0.3 is 0 Å². The van der Waals surface area contributed by atoms with E-state index in [0.29, 0.717) is 23.6 Å². The van der Waals surface area contributed by atoms with Crippen molar-refractivity contribution in [3.05, 3.63) is 83.9 Å². The average molecular weight is 495 g/mol. The van der Waals surface area contributed by atoms with Crippen LogP contribution in [0, 0.1) is 6.92 Å². The first-order valence-corrected chi connectivity index (χ1v) is 12.2. The van der Waals surface area contributed by atoms with Crippen molar-refractivity contribution in [3.63, 3.8) is 0 Å². The average Bonchev–Trinajstić information content (AvgIpc) is 2.84. The molecule has 0 aliphatic rings.